The van der Waals surface area contributed by atoms with Crippen LogP contribution in [0.4, 0.5) is 5.69 Å². The Kier molecular flexibility index (Phi) is 4.81. The average Bonchev–Trinajstić information content (AvgIpc) is 3.26. The van der Waals surface area contributed by atoms with E-state index in [1.807, 2.05) is 0 Å². The molecule has 0 spiro atoms. The smallest absolute Gasteiger partial charge is 0.337 e. The third-order valence-electron chi connectivity index (χ3n) is 3.77. The molecule has 0 fully saturated rings. The molecular weight excluding hydrogens is 340 g/mol. The lowest BCUT2D eigenvalue weighted by atomic mass is 10.1. The van der Waals surface area contributed by atoms with Gasteiger partial charge in [-0.3, -0.25) is 14.5 Å². The molecule has 9 heteroatoms. The lowest BCUT2D eigenvalue weighted by Gasteiger charge is -2.16. The van der Waals surface area contributed by atoms with Crippen molar-refractivity contribution in [2.24, 2.45) is 0 Å². The zero-order valence-electron chi connectivity index (χ0n) is 13.9. The van der Waals surface area contributed by atoms with Crippen LogP contribution in [-0.2, 0) is 14.3 Å². The van der Waals surface area contributed by atoms with E-state index in [-0.39, 0.29) is 24.4 Å². The number of aliphatic hydroxyl groups excluding tert-OH is 1. The summed E-state index contributed by atoms with van der Waals surface area (Å²) in [6.07, 6.45) is 4.44. The summed E-state index contributed by atoms with van der Waals surface area (Å²) in [6.45, 7) is -0.414. The van der Waals surface area contributed by atoms with Gasteiger partial charge in [-0.1, -0.05) is 0 Å². The summed E-state index contributed by atoms with van der Waals surface area (Å²) in [5, 5.41) is 16.0. The van der Waals surface area contributed by atoms with Gasteiger partial charge in [-0.2, -0.15) is 5.10 Å². The van der Waals surface area contributed by atoms with Crippen molar-refractivity contribution in [2.75, 3.05) is 25.6 Å². The van der Waals surface area contributed by atoms with Crippen LogP contribution in [0.5, 0.6) is 0 Å². The molecule has 134 valence electrons. The van der Waals surface area contributed by atoms with E-state index in [0.29, 0.717) is 11.4 Å². The summed E-state index contributed by atoms with van der Waals surface area (Å²) >= 11 is 0. The van der Waals surface area contributed by atoms with Crippen LogP contribution in [0, 0.1) is 0 Å². The summed E-state index contributed by atoms with van der Waals surface area (Å²) < 4.78 is 6.27. The first-order valence-electron chi connectivity index (χ1n) is 7.73. The van der Waals surface area contributed by atoms with E-state index < -0.39 is 17.8 Å². The van der Waals surface area contributed by atoms with E-state index in [2.05, 4.69) is 10.4 Å². The molecule has 1 aliphatic heterocycles. The summed E-state index contributed by atoms with van der Waals surface area (Å²) in [5.41, 5.74) is 1.29. The van der Waals surface area contributed by atoms with Crippen molar-refractivity contribution >= 4 is 23.5 Å². The van der Waals surface area contributed by atoms with Crippen molar-refractivity contribution in [3.63, 3.8) is 0 Å². The zero-order chi connectivity index (χ0) is 18.7. The van der Waals surface area contributed by atoms with Gasteiger partial charge >= 0.3 is 5.97 Å². The Morgan fingerprint density at radius 1 is 1.35 bits per heavy atom. The van der Waals surface area contributed by atoms with Crippen molar-refractivity contribution < 1.29 is 24.2 Å². The highest BCUT2D eigenvalue weighted by Gasteiger charge is 2.31. The molecular formula is C17H16N4O5. The SMILES string of the molecule is COC(=O)c1ccc(-n2cccn2)c(NC2=CC(=O)N(CCO)C2=O)c1. The largest absolute Gasteiger partial charge is 0.465 e. The van der Waals surface area contributed by atoms with Crippen LogP contribution in [0.1, 0.15) is 10.4 Å². The van der Waals surface area contributed by atoms with Crippen LogP contribution in [0.2, 0.25) is 0 Å². The lowest BCUT2D eigenvalue weighted by Crippen LogP contribution is -2.34. The number of ether oxygens (including phenoxy) is 1. The molecule has 1 aliphatic rings. The monoisotopic (exact) mass is 356 g/mol. The molecule has 0 radical (unpaired) electrons. The second-order valence-electron chi connectivity index (χ2n) is 5.38. The minimum Gasteiger partial charge on any atom is -0.465 e. The standard InChI is InChI=1S/C17H16N4O5/c1-26-17(25)11-3-4-14(21-6-2-5-18-21)12(9-11)19-13-10-15(23)20(7-8-22)16(13)24/h2-6,9-10,19,22H,7-8H2,1H3. The number of carbonyl (C=O) groups is 3. The van der Waals surface area contributed by atoms with E-state index in [4.69, 9.17) is 9.84 Å². The molecule has 9 nitrogen and oxygen atoms in total. The highest BCUT2D eigenvalue weighted by molar-refractivity contribution is 6.17. The van der Waals surface area contributed by atoms with Gasteiger partial charge in [0.15, 0.2) is 0 Å². The first-order valence-corrected chi connectivity index (χ1v) is 7.73. The van der Waals surface area contributed by atoms with Crippen LogP contribution >= 0.6 is 0 Å². The first kappa shape index (κ1) is 17.4. The fourth-order valence-electron chi connectivity index (χ4n) is 2.55. The highest BCUT2D eigenvalue weighted by Crippen LogP contribution is 2.25. The van der Waals surface area contributed by atoms with Gasteiger partial charge in [0.1, 0.15) is 5.70 Å². The first-order chi connectivity index (χ1) is 12.5. The highest BCUT2D eigenvalue weighted by atomic mass is 16.5. The number of rotatable bonds is 6. The number of amides is 2. The molecule has 0 unspecified atom stereocenters. The normalized spacial score (nSPS) is 13.8. The van der Waals surface area contributed by atoms with Crippen LogP contribution in [0.15, 0.2) is 48.4 Å². The number of methoxy groups -OCH3 is 1. The average molecular weight is 356 g/mol. The zero-order valence-corrected chi connectivity index (χ0v) is 13.9. The maximum absolute atomic E-state index is 12.3. The third-order valence-corrected chi connectivity index (χ3v) is 3.77. The predicted octanol–water partition coefficient (Wildman–Crippen LogP) is 0.316. The number of imide groups is 1. The van der Waals surface area contributed by atoms with Crippen molar-refractivity contribution in [3.05, 3.63) is 54.0 Å². The van der Waals surface area contributed by atoms with E-state index in [9.17, 15) is 14.4 Å². The van der Waals surface area contributed by atoms with Crippen LogP contribution in [-0.4, -0.2) is 57.8 Å². The number of benzene rings is 1. The lowest BCUT2D eigenvalue weighted by molar-refractivity contribution is -0.137. The van der Waals surface area contributed by atoms with Crippen LogP contribution in [0.3, 0.4) is 0 Å². The Hall–Kier alpha value is -3.46. The van der Waals surface area contributed by atoms with E-state index >= 15 is 0 Å². The maximum Gasteiger partial charge on any atom is 0.337 e. The van der Waals surface area contributed by atoms with E-state index in [1.165, 1.54) is 13.2 Å². The van der Waals surface area contributed by atoms with Crippen molar-refractivity contribution in [1.82, 2.24) is 14.7 Å². The summed E-state index contributed by atoms with van der Waals surface area (Å²) in [5.74, 6) is -1.61. The fourth-order valence-corrected chi connectivity index (χ4v) is 2.55. The Bertz CT molecular complexity index is 889. The number of nitrogens with zero attached hydrogens (tertiary/aromatic N) is 3. The van der Waals surface area contributed by atoms with Crippen molar-refractivity contribution in [1.29, 1.82) is 0 Å². The number of nitrogens with one attached hydrogen (secondary N) is 1. The summed E-state index contributed by atoms with van der Waals surface area (Å²) in [4.78, 5) is 37.0. The number of β-amino-alcohol motifs (C(OH)–C–C–N with tert-alkyl or cyclic N) is 1. The fraction of sp³-hybridized carbons (Fsp3) is 0.176. The molecule has 2 N–H and O–H groups in total. The van der Waals surface area contributed by atoms with Gasteiger partial charge in [0.25, 0.3) is 11.8 Å². The van der Waals surface area contributed by atoms with Gasteiger partial charge in [-0.15, -0.1) is 0 Å². The van der Waals surface area contributed by atoms with Gasteiger partial charge in [0, 0.05) is 18.5 Å². The minimum absolute atomic E-state index is 0.0406. The van der Waals surface area contributed by atoms with Crippen molar-refractivity contribution in [3.8, 4) is 5.69 Å². The quantitative estimate of drug-likeness (QED) is 0.566. The van der Waals surface area contributed by atoms with Gasteiger partial charge < -0.3 is 15.2 Å². The van der Waals surface area contributed by atoms with Crippen LogP contribution < -0.4 is 5.32 Å². The Morgan fingerprint density at radius 2 is 2.15 bits per heavy atom. The van der Waals surface area contributed by atoms with Gasteiger partial charge in [-0.25, -0.2) is 9.48 Å². The van der Waals surface area contributed by atoms with Gasteiger partial charge in [0.2, 0.25) is 0 Å². The maximum atomic E-state index is 12.3. The van der Waals surface area contributed by atoms with Crippen molar-refractivity contribution in [2.45, 2.75) is 0 Å². The van der Waals surface area contributed by atoms with Gasteiger partial charge in [0.05, 0.1) is 37.2 Å². The van der Waals surface area contributed by atoms with E-state index in [1.54, 1.807) is 35.3 Å². The number of hydrogen-bond acceptors (Lipinski definition) is 7. The molecule has 0 bridgehead atoms. The number of hydrogen-bond donors (Lipinski definition) is 2. The molecule has 2 aromatic rings. The molecule has 0 saturated carbocycles. The third kappa shape index (κ3) is 3.20. The molecule has 0 saturated heterocycles. The Morgan fingerprint density at radius 3 is 2.81 bits per heavy atom. The van der Waals surface area contributed by atoms with E-state index in [0.717, 1.165) is 11.0 Å². The number of aromatic nitrogens is 2. The Labute approximate surface area is 148 Å². The Balaban J connectivity index is 1.97. The molecule has 0 atom stereocenters. The second kappa shape index (κ2) is 7.19. The number of aliphatic hydroxyl groups is 1. The second-order valence-corrected chi connectivity index (χ2v) is 5.38. The number of anilines is 1. The molecule has 0 aliphatic carbocycles. The number of esters is 1. The summed E-state index contributed by atoms with van der Waals surface area (Å²) in [6, 6.07) is 6.46. The molecule has 3 rings (SSSR count). The molecule has 26 heavy (non-hydrogen) atoms. The topological polar surface area (TPSA) is 114 Å². The molecule has 1 aromatic carbocycles. The summed E-state index contributed by atoms with van der Waals surface area (Å²) in [7, 11) is 1.27. The molecule has 2 amide bonds. The molecule has 2 heterocycles. The van der Waals surface area contributed by atoms with Crippen LogP contribution in [0.25, 0.3) is 5.69 Å². The van der Waals surface area contributed by atoms with Gasteiger partial charge in [-0.05, 0) is 24.3 Å². The predicted molar refractivity (Wildman–Crippen MR) is 90.4 cm³/mol. The molecule has 1 aromatic heterocycles. The minimum atomic E-state index is -0.557. The number of carbonyl (C=O) groups excluding carboxylic acids is 3.